The van der Waals surface area contributed by atoms with E-state index >= 15 is 0 Å². The molecule has 2 saturated carbocycles. The molecular weight excluding hydrogens is 288 g/mol. The maximum absolute atomic E-state index is 6.41. The lowest BCUT2D eigenvalue weighted by atomic mass is 9.78. The summed E-state index contributed by atoms with van der Waals surface area (Å²) in [7, 11) is 0. The molecule has 0 N–H and O–H groups in total. The fraction of sp³-hybridized carbons (Fsp3) is 1.00. The first kappa shape index (κ1) is 14.8. The Bertz CT molecular complexity index is 227. The van der Waals surface area contributed by atoms with Crippen molar-refractivity contribution in [2.45, 2.75) is 76.7 Å². The van der Waals surface area contributed by atoms with Crippen LogP contribution < -0.4 is 0 Å². The van der Waals surface area contributed by atoms with Gasteiger partial charge in [-0.3, -0.25) is 0 Å². The zero-order valence-corrected chi connectivity index (χ0v) is 13.5. The molecule has 0 unspecified atom stereocenters. The smallest absolute Gasteiger partial charge is 0.0779 e. The lowest BCUT2D eigenvalue weighted by Gasteiger charge is -2.40. The highest BCUT2D eigenvalue weighted by molar-refractivity contribution is 9.09. The van der Waals surface area contributed by atoms with Crippen LogP contribution in [0.5, 0.6) is 0 Å². The van der Waals surface area contributed by atoms with Crippen molar-refractivity contribution in [2.75, 3.05) is 11.9 Å². The van der Waals surface area contributed by atoms with Gasteiger partial charge < -0.3 is 4.74 Å². The Balaban J connectivity index is 1.77. The fourth-order valence-corrected chi connectivity index (χ4v) is 4.30. The third-order valence-electron chi connectivity index (χ3n) is 5.19. The van der Waals surface area contributed by atoms with Crippen molar-refractivity contribution in [1.29, 1.82) is 0 Å². The van der Waals surface area contributed by atoms with E-state index in [1.165, 1.54) is 64.2 Å². The predicted molar refractivity (Wildman–Crippen MR) is 81.3 cm³/mol. The van der Waals surface area contributed by atoms with Crippen molar-refractivity contribution in [3.8, 4) is 0 Å². The molecule has 0 radical (unpaired) electrons. The molecule has 0 amide bonds. The highest BCUT2D eigenvalue weighted by Crippen LogP contribution is 2.38. The zero-order valence-electron chi connectivity index (χ0n) is 11.9. The van der Waals surface area contributed by atoms with E-state index in [1.54, 1.807) is 0 Å². The summed E-state index contributed by atoms with van der Waals surface area (Å²) in [6.45, 7) is 3.34. The van der Waals surface area contributed by atoms with Crippen molar-refractivity contribution < 1.29 is 4.74 Å². The molecule has 0 aliphatic heterocycles. The SMILES string of the molecule is CCC1CCC(CBr)(OCC2CCCCC2)CC1. The second-order valence-electron chi connectivity index (χ2n) is 6.48. The quantitative estimate of drug-likeness (QED) is 0.624. The van der Waals surface area contributed by atoms with Crippen LogP contribution in [0.15, 0.2) is 0 Å². The van der Waals surface area contributed by atoms with E-state index in [1.807, 2.05) is 0 Å². The Morgan fingerprint density at radius 1 is 1.00 bits per heavy atom. The Morgan fingerprint density at radius 3 is 2.22 bits per heavy atom. The maximum atomic E-state index is 6.41. The molecule has 2 fully saturated rings. The van der Waals surface area contributed by atoms with Crippen LogP contribution in [0.25, 0.3) is 0 Å². The number of rotatable bonds is 5. The molecule has 0 aromatic carbocycles. The minimum absolute atomic E-state index is 0.170. The lowest BCUT2D eigenvalue weighted by molar-refractivity contribution is -0.0771. The van der Waals surface area contributed by atoms with Crippen LogP contribution in [0.1, 0.15) is 71.1 Å². The van der Waals surface area contributed by atoms with E-state index in [9.17, 15) is 0 Å². The summed E-state index contributed by atoms with van der Waals surface area (Å²) >= 11 is 3.71. The van der Waals surface area contributed by atoms with Crippen molar-refractivity contribution in [2.24, 2.45) is 11.8 Å². The predicted octanol–water partition coefficient (Wildman–Crippen LogP) is 5.32. The van der Waals surface area contributed by atoms with Crippen LogP contribution in [0, 0.1) is 11.8 Å². The Labute approximate surface area is 121 Å². The van der Waals surface area contributed by atoms with Crippen molar-refractivity contribution >= 4 is 15.9 Å². The van der Waals surface area contributed by atoms with Gasteiger partial charge >= 0.3 is 0 Å². The molecule has 106 valence electrons. The van der Waals surface area contributed by atoms with E-state index in [-0.39, 0.29) is 5.60 Å². The van der Waals surface area contributed by atoms with Gasteiger partial charge in [0.1, 0.15) is 0 Å². The van der Waals surface area contributed by atoms with Crippen molar-refractivity contribution in [3.63, 3.8) is 0 Å². The average molecular weight is 317 g/mol. The molecule has 0 bridgehead atoms. The van der Waals surface area contributed by atoms with Gasteiger partial charge in [0.2, 0.25) is 0 Å². The number of ether oxygens (including phenoxy) is 1. The fourth-order valence-electron chi connectivity index (χ4n) is 3.58. The van der Waals surface area contributed by atoms with Gasteiger partial charge in [-0.2, -0.15) is 0 Å². The second kappa shape index (κ2) is 7.28. The largest absolute Gasteiger partial charge is 0.374 e. The van der Waals surface area contributed by atoms with Gasteiger partial charge in [-0.05, 0) is 50.4 Å². The number of hydrogen-bond donors (Lipinski definition) is 0. The summed E-state index contributed by atoms with van der Waals surface area (Å²) in [4.78, 5) is 0. The first-order chi connectivity index (χ1) is 8.78. The van der Waals surface area contributed by atoms with Gasteiger partial charge in [0.15, 0.2) is 0 Å². The molecule has 1 nitrogen and oxygen atoms in total. The average Bonchev–Trinajstić information content (AvgIpc) is 2.47. The molecule has 0 aromatic rings. The molecule has 0 spiro atoms. The van der Waals surface area contributed by atoms with Gasteiger partial charge in [0.05, 0.1) is 12.2 Å². The van der Waals surface area contributed by atoms with Crippen molar-refractivity contribution in [3.05, 3.63) is 0 Å². The van der Waals surface area contributed by atoms with Crippen LogP contribution in [0.4, 0.5) is 0 Å². The molecule has 18 heavy (non-hydrogen) atoms. The molecule has 2 aliphatic carbocycles. The minimum Gasteiger partial charge on any atom is -0.374 e. The van der Waals surface area contributed by atoms with Crippen LogP contribution in [0.3, 0.4) is 0 Å². The summed E-state index contributed by atoms with van der Waals surface area (Å²) < 4.78 is 6.41. The van der Waals surface area contributed by atoms with Crippen LogP contribution in [-0.4, -0.2) is 17.5 Å². The molecule has 2 rings (SSSR count). The van der Waals surface area contributed by atoms with Crippen LogP contribution >= 0.6 is 15.9 Å². The molecule has 0 heterocycles. The van der Waals surface area contributed by atoms with E-state index in [4.69, 9.17) is 4.74 Å². The summed E-state index contributed by atoms with van der Waals surface area (Å²) in [5.41, 5.74) is 0.170. The first-order valence-electron chi connectivity index (χ1n) is 7.98. The Kier molecular flexibility index (Phi) is 6.00. The van der Waals surface area contributed by atoms with E-state index in [0.717, 1.165) is 23.8 Å². The van der Waals surface area contributed by atoms with Gasteiger partial charge in [-0.1, -0.05) is 48.5 Å². The van der Waals surface area contributed by atoms with Crippen LogP contribution in [-0.2, 0) is 4.74 Å². The normalized spacial score (nSPS) is 34.7. The monoisotopic (exact) mass is 316 g/mol. The molecule has 0 saturated heterocycles. The molecule has 0 aromatic heterocycles. The zero-order chi connectivity index (χ0) is 12.8. The summed E-state index contributed by atoms with van der Waals surface area (Å²) in [5, 5.41) is 1.03. The van der Waals surface area contributed by atoms with Gasteiger partial charge in [-0.25, -0.2) is 0 Å². The third-order valence-corrected chi connectivity index (χ3v) is 6.21. The highest BCUT2D eigenvalue weighted by atomic mass is 79.9. The second-order valence-corrected chi connectivity index (χ2v) is 7.04. The van der Waals surface area contributed by atoms with Gasteiger partial charge in [0.25, 0.3) is 0 Å². The summed E-state index contributed by atoms with van der Waals surface area (Å²) in [6, 6.07) is 0. The van der Waals surface area contributed by atoms with Crippen LogP contribution in [0.2, 0.25) is 0 Å². The topological polar surface area (TPSA) is 9.23 Å². The minimum atomic E-state index is 0.170. The van der Waals surface area contributed by atoms with E-state index < -0.39 is 0 Å². The van der Waals surface area contributed by atoms with Crippen molar-refractivity contribution in [1.82, 2.24) is 0 Å². The van der Waals surface area contributed by atoms with E-state index in [0.29, 0.717) is 0 Å². The Hall–Kier alpha value is 0.440. The summed E-state index contributed by atoms with van der Waals surface area (Å²) in [6.07, 6.45) is 13.7. The van der Waals surface area contributed by atoms with Gasteiger partial charge in [-0.15, -0.1) is 0 Å². The van der Waals surface area contributed by atoms with E-state index in [2.05, 4.69) is 22.9 Å². The lowest BCUT2D eigenvalue weighted by Crippen LogP contribution is -2.40. The standard InChI is InChI=1S/C16H29BrO/c1-2-14-8-10-16(13-17,11-9-14)18-12-15-6-4-3-5-7-15/h14-15H,2-13H2,1H3. The third kappa shape index (κ3) is 3.96. The molecular formula is C16H29BrO. The number of hydrogen-bond acceptors (Lipinski definition) is 1. The molecule has 0 atom stereocenters. The first-order valence-corrected chi connectivity index (χ1v) is 9.10. The Morgan fingerprint density at radius 2 is 1.67 bits per heavy atom. The number of alkyl halides is 1. The maximum Gasteiger partial charge on any atom is 0.0779 e. The van der Waals surface area contributed by atoms with Gasteiger partial charge in [0, 0.05) is 5.33 Å². The molecule has 2 aliphatic rings. The number of halogens is 1. The highest BCUT2D eigenvalue weighted by Gasteiger charge is 2.35. The molecule has 2 heteroatoms. The summed E-state index contributed by atoms with van der Waals surface area (Å²) in [5.74, 6) is 1.80.